The van der Waals surface area contributed by atoms with E-state index >= 15 is 0 Å². The fourth-order valence-electron chi connectivity index (χ4n) is 2.09. The Bertz CT molecular complexity index is 434. The molecule has 2 aromatic rings. The molecule has 0 N–H and O–H groups in total. The number of thioether (sulfide) groups is 1. The topological polar surface area (TPSA) is 29.0 Å². The zero-order valence-electron chi connectivity index (χ0n) is 11.9. The van der Waals surface area contributed by atoms with Crippen molar-refractivity contribution in [2.45, 2.75) is 19.5 Å². The molecule has 2 heterocycles. The van der Waals surface area contributed by atoms with E-state index in [-0.39, 0.29) is 0 Å². The first-order valence-electron chi connectivity index (χ1n) is 6.89. The van der Waals surface area contributed by atoms with Crippen molar-refractivity contribution in [1.29, 1.82) is 0 Å². The predicted molar refractivity (Wildman–Crippen MR) is 85.6 cm³/mol. The van der Waals surface area contributed by atoms with E-state index in [1.54, 1.807) is 0 Å². The lowest BCUT2D eigenvalue weighted by molar-refractivity contribution is 0.252. The molecule has 2 aromatic heterocycles. The molecule has 0 amide bonds. The van der Waals surface area contributed by atoms with E-state index in [4.69, 9.17) is 0 Å². The molecule has 4 heteroatoms. The highest BCUT2D eigenvalue weighted by atomic mass is 32.2. The predicted octanol–water partition coefficient (Wildman–Crippen LogP) is 3.23. The van der Waals surface area contributed by atoms with Gasteiger partial charge in [0.1, 0.15) is 0 Å². The molecule has 0 bridgehead atoms. The Hall–Kier alpha value is -1.39. The molecule has 2 rings (SSSR count). The van der Waals surface area contributed by atoms with Crippen LogP contribution in [0, 0.1) is 0 Å². The number of aromatic nitrogens is 2. The Balaban J connectivity index is 1.96. The lowest BCUT2D eigenvalue weighted by Crippen LogP contribution is -2.25. The van der Waals surface area contributed by atoms with Gasteiger partial charge in [-0.05, 0) is 49.2 Å². The Kier molecular flexibility index (Phi) is 6.54. The van der Waals surface area contributed by atoms with Crippen molar-refractivity contribution in [1.82, 2.24) is 14.9 Å². The average Bonchev–Trinajstić information content (AvgIpc) is 2.49. The number of hydrogen-bond acceptors (Lipinski definition) is 4. The van der Waals surface area contributed by atoms with Crippen molar-refractivity contribution in [3.05, 3.63) is 60.2 Å². The third kappa shape index (κ3) is 5.31. The molecule has 0 saturated heterocycles. The largest absolute Gasteiger partial charge is 0.292 e. The minimum atomic E-state index is 0.881. The third-order valence-electron chi connectivity index (χ3n) is 3.05. The van der Waals surface area contributed by atoms with Crippen LogP contribution in [0.3, 0.4) is 0 Å². The molecule has 0 aromatic carbocycles. The molecule has 0 aliphatic heterocycles. The molecule has 0 saturated carbocycles. The van der Waals surface area contributed by atoms with Crippen LogP contribution in [0.4, 0.5) is 0 Å². The summed E-state index contributed by atoms with van der Waals surface area (Å²) >= 11 is 1.90. The van der Waals surface area contributed by atoms with Gasteiger partial charge in [0.15, 0.2) is 0 Å². The molecule has 20 heavy (non-hydrogen) atoms. The van der Waals surface area contributed by atoms with Crippen LogP contribution in [0.1, 0.15) is 17.8 Å². The summed E-state index contributed by atoms with van der Waals surface area (Å²) in [7, 11) is 0. The molecule has 0 radical (unpaired) electrons. The maximum absolute atomic E-state index is 4.42. The van der Waals surface area contributed by atoms with Crippen LogP contribution in [-0.4, -0.2) is 33.4 Å². The maximum atomic E-state index is 4.42. The minimum Gasteiger partial charge on any atom is -0.292 e. The zero-order chi connectivity index (χ0) is 14.0. The van der Waals surface area contributed by atoms with Crippen molar-refractivity contribution in [3.8, 4) is 0 Å². The second kappa shape index (κ2) is 8.72. The van der Waals surface area contributed by atoms with E-state index in [9.17, 15) is 0 Å². The van der Waals surface area contributed by atoms with E-state index in [2.05, 4.69) is 33.3 Å². The fraction of sp³-hybridized carbons (Fsp3) is 0.375. The number of pyridine rings is 2. The monoisotopic (exact) mass is 287 g/mol. The van der Waals surface area contributed by atoms with Crippen molar-refractivity contribution in [2.75, 3.05) is 18.6 Å². The molecule has 106 valence electrons. The molecule has 0 unspecified atom stereocenters. The summed E-state index contributed by atoms with van der Waals surface area (Å²) in [4.78, 5) is 11.3. The summed E-state index contributed by atoms with van der Waals surface area (Å²) in [6.45, 7) is 2.84. The van der Waals surface area contributed by atoms with Gasteiger partial charge in [0.25, 0.3) is 0 Å². The van der Waals surface area contributed by atoms with Crippen LogP contribution in [-0.2, 0) is 13.1 Å². The van der Waals surface area contributed by atoms with Gasteiger partial charge in [-0.25, -0.2) is 0 Å². The average molecular weight is 287 g/mol. The van der Waals surface area contributed by atoms with Crippen molar-refractivity contribution in [3.63, 3.8) is 0 Å². The second-order valence-corrected chi connectivity index (χ2v) is 5.68. The van der Waals surface area contributed by atoms with Gasteiger partial charge in [0.2, 0.25) is 0 Å². The molecule has 0 fully saturated rings. The van der Waals surface area contributed by atoms with Crippen LogP contribution in [0.2, 0.25) is 0 Å². The highest BCUT2D eigenvalue weighted by Crippen LogP contribution is 2.08. The number of rotatable bonds is 8. The summed E-state index contributed by atoms with van der Waals surface area (Å²) in [5.41, 5.74) is 2.24. The van der Waals surface area contributed by atoms with Gasteiger partial charge in [0, 0.05) is 25.5 Å². The van der Waals surface area contributed by atoms with E-state index in [0.717, 1.165) is 31.0 Å². The zero-order valence-corrected chi connectivity index (χ0v) is 12.7. The summed E-state index contributed by atoms with van der Waals surface area (Å²) in [5, 5.41) is 0. The quantitative estimate of drug-likeness (QED) is 0.697. The Morgan fingerprint density at radius 3 is 2.00 bits per heavy atom. The first-order valence-corrected chi connectivity index (χ1v) is 8.29. The van der Waals surface area contributed by atoms with Crippen molar-refractivity contribution >= 4 is 11.8 Å². The van der Waals surface area contributed by atoms with Gasteiger partial charge in [-0.1, -0.05) is 12.1 Å². The van der Waals surface area contributed by atoms with E-state index in [1.807, 2.05) is 48.4 Å². The van der Waals surface area contributed by atoms with Crippen molar-refractivity contribution < 1.29 is 0 Å². The van der Waals surface area contributed by atoms with E-state index < -0.39 is 0 Å². The lowest BCUT2D eigenvalue weighted by Gasteiger charge is -2.21. The van der Waals surface area contributed by atoms with Gasteiger partial charge >= 0.3 is 0 Å². The molecular formula is C16H21N3S. The Morgan fingerprint density at radius 1 is 0.950 bits per heavy atom. The Morgan fingerprint density at radius 2 is 1.55 bits per heavy atom. The van der Waals surface area contributed by atoms with E-state index in [0.29, 0.717) is 0 Å². The fourth-order valence-corrected chi connectivity index (χ4v) is 2.51. The molecule has 0 aliphatic carbocycles. The van der Waals surface area contributed by atoms with Crippen LogP contribution < -0.4 is 0 Å². The summed E-state index contributed by atoms with van der Waals surface area (Å²) in [5.74, 6) is 1.20. The van der Waals surface area contributed by atoms with Crippen molar-refractivity contribution in [2.24, 2.45) is 0 Å². The third-order valence-corrected chi connectivity index (χ3v) is 3.74. The molecule has 3 nitrogen and oxygen atoms in total. The van der Waals surface area contributed by atoms with Gasteiger partial charge in [0.05, 0.1) is 11.4 Å². The van der Waals surface area contributed by atoms with Gasteiger partial charge in [-0.2, -0.15) is 11.8 Å². The van der Waals surface area contributed by atoms with Gasteiger partial charge in [-0.15, -0.1) is 0 Å². The number of hydrogen-bond donors (Lipinski definition) is 0. The normalized spacial score (nSPS) is 10.9. The van der Waals surface area contributed by atoms with Crippen LogP contribution in [0.15, 0.2) is 48.8 Å². The first kappa shape index (κ1) is 15.0. The summed E-state index contributed by atoms with van der Waals surface area (Å²) in [6, 6.07) is 12.2. The van der Waals surface area contributed by atoms with Crippen LogP contribution in [0.25, 0.3) is 0 Å². The summed E-state index contributed by atoms with van der Waals surface area (Å²) in [6.07, 6.45) is 7.06. The first-order chi connectivity index (χ1) is 9.88. The smallest absolute Gasteiger partial charge is 0.0544 e. The minimum absolute atomic E-state index is 0.881. The SMILES string of the molecule is CSCCCN(Cc1ccccn1)Cc1ccccn1. The Labute approximate surface area is 125 Å². The molecule has 0 spiro atoms. The standard InChI is InChI=1S/C16H21N3S/c1-20-12-6-11-19(13-15-7-2-4-9-17-15)14-16-8-3-5-10-18-16/h2-5,7-10H,6,11-14H2,1H3. The highest BCUT2D eigenvalue weighted by molar-refractivity contribution is 7.98. The van der Waals surface area contributed by atoms with E-state index in [1.165, 1.54) is 12.2 Å². The van der Waals surface area contributed by atoms with Crippen LogP contribution in [0.5, 0.6) is 0 Å². The summed E-state index contributed by atoms with van der Waals surface area (Å²) < 4.78 is 0. The number of nitrogens with zero attached hydrogens (tertiary/aromatic N) is 3. The second-order valence-electron chi connectivity index (χ2n) is 4.70. The lowest BCUT2D eigenvalue weighted by atomic mass is 10.2. The molecule has 0 aliphatic rings. The maximum Gasteiger partial charge on any atom is 0.0544 e. The molecule has 0 atom stereocenters. The highest BCUT2D eigenvalue weighted by Gasteiger charge is 2.08. The van der Waals surface area contributed by atoms with Gasteiger partial charge in [-0.3, -0.25) is 14.9 Å². The molecular weight excluding hydrogens is 266 g/mol. The van der Waals surface area contributed by atoms with Gasteiger partial charge < -0.3 is 0 Å². The van der Waals surface area contributed by atoms with Crippen LogP contribution >= 0.6 is 11.8 Å².